The van der Waals surface area contributed by atoms with Crippen LogP contribution in [-0.2, 0) is 24.8 Å². The largest absolute Gasteiger partial charge is 0.508 e. The lowest BCUT2D eigenvalue weighted by Gasteiger charge is -2.06. The first-order valence-corrected chi connectivity index (χ1v) is 5.88. The van der Waals surface area contributed by atoms with Gasteiger partial charge in [0.1, 0.15) is 11.6 Å². The number of para-hydroxylation sites is 1. The molecule has 0 atom stereocenters. The number of benzene rings is 1. The highest BCUT2D eigenvalue weighted by Gasteiger charge is 2.09. The van der Waals surface area contributed by atoms with E-state index in [9.17, 15) is 9.90 Å². The third-order valence-corrected chi connectivity index (χ3v) is 2.88. The Morgan fingerprint density at radius 2 is 2.16 bits per heavy atom. The second kappa shape index (κ2) is 5.43. The molecule has 4 N–H and O–H groups in total. The van der Waals surface area contributed by atoms with E-state index in [1.54, 1.807) is 42.2 Å². The van der Waals surface area contributed by atoms with Gasteiger partial charge in [0.05, 0.1) is 12.6 Å². The van der Waals surface area contributed by atoms with Gasteiger partial charge in [-0.15, -0.1) is 0 Å². The van der Waals surface area contributed by atoms with Gasteiger partial charge in [-0.2, -0.15) is 5.10 Å². The van der Waals surface area contributed by atoms with Gasteiger partial charge >= 0.3 is 0 Å². The average Bonchev–Trinajstić information content (AvgIpc) is 2.70. The Balaban J connectivity index is 1.92. The maximum Gasteiger partial charge on any atom is 0.224 e. The van der Waals surface area contributed by atoms with E-state index in [1.165, 1.54) is 0 Å². The number of amides is 1. The number of phenolic OH excluding ortho intramolecular Hbond substituents is 1. The third-order valence-electron chi connectivity index (χ3n) is 2.88. The zero-order chi connectivity index (χ0) is 13.8. The van der Waals surface area contributed by atoms with Crippen molar-refractivity contribution in [2.45, 2.75) is 13.0 Å². The number of carbonyl (C=O) groups excluding carboxylic acids is 1. The summed E-state index contributed by atoms with van der Waals surface area (Å²) in [6.45, 7) is 0.325. The molecular weight excluding hydrogens is 244 g/mol. The fourth-order valence-corrected chi connectivity index (χ4v) is 1.72. The molecule has 0 saturated heterocycles. The molecule has 2 aromatic rings. The monoisotopic (exact) mass is 260 g/mol. The van der Waals surface area contributed by atoms with Crippen molar-refractivity contribution in [2.75, 3.05) is 5.73 Å². The lowest BCUT2D eigenvalue weighted by atomic mass is 10.1. The number of aryl methyl sites for hydroxylation is 1. The number of anilines is 1. The molecule has 0 bridgehead atoms. The fourth-order valence-electron chi connectivity index (χ4n) is 1.72. The minimum Gasteiger partial charge on any atom is -0.508 e. The molecule has 0 radical (unpaired) electrons. The van der Waals surface area contributed by atoms with Crippen LogP contribution in [0.3, 0.4) is 0 Å². The van der Waals surface area contributed by atoms with E-state index >= 15 is 0 Å². The van der Waals surface area contributed by atoms with Crippen LogP contribution < -0.4 is 11.1 Å². The lowest BCUT2D eigenvalue weighted by Crippen LogP contribution is -2.24. The van der Waals surface area contributed by atoms with Crippen LogP contribution in [-0.4, -0.2) is 20.8 Å². The molecule has 100 valence electrons. The van der Waals surface area contributed by atoms with Crippen molar-refractivity contribution < 1.29 is 9.90 Å². The standard InChI is InChI=1S/C13H16N4O2/c1-17-13(14)10(8-16-17)7-15-12(19)6-9-4-2-3-5-11(9)18/h2-5,8,18H,6-7,14H2,1H3,(H,15,19). The zero-order valence-electron chi connectivity index (χ0n) is 10.6. The van der Waals surface area contributed by atoms with Crippen LogP contribution in [0.1, 0.15) is 11.1 Å². The van der Waals surface area contributed by atoms with Crippen LogP contribution >= 0.6 is 0 Å². The molecule has 6 nitrogen and oxygen atoms in total. The number of nitrogens with two attached hydrogens (primary N) is 1. The Bertz CT molecular complexity index is 592. The molecule has 2 rings (SSSR count). The number of hydrogen-bond acceptors (Lipinski definition) is 4. The van der Waals surface area contributed by atoms with E-state index in [0.717, 1.165) is 5.56 Å². The van der Waals surface area contributed by atoms with E-state index in [1.807, 2.05) is 0 Å². The molecule has 19 heavy (non-hydrogen) atoms. The summed E-state index contributed by atoms with van der Waals surface area (Å²) in [5, 5.41) is 16.3. The van der Waals surface area contributed by atoms with Crippen molar-refractivity contribution in [3.8, 4) is 5.75 Å². The van der Waals surface area contributed by atoms with Crippen LogP contribution in [0.2, 0.25) is 0 Å². The van der Waals surface area contributed by atoms with Gasteiger partial charge in [0.15, 0.2) is 0 Å². The Morgan fingerprint density at radius 1 is 1.42 bits per heavy atom. The van der Waals surface area contributed by atoms with Crippen LogP contribution in [0, 0.1) is 0 Å². The molecule has 0 aliphatic carbocycles. The van der Waals surface area contributed by atoms with Gasteiger partial charge in [-0.3, -0.25) is 9.48 Å². The Labute approximate surface area is 110 Å². The topological polar surface area (TPSA) is 93.2 Å². The first-order chi connectivity index (χ1) is 9.08. The second-order valence-electron chi connectivity index (χ2n) is 4.26. The van der Waals surface area contributed by atoms with Gasteiger partial charge in [-0.1, -0.05) is 18.2 Å². The number of nitrogens with zero attached hydrogens (tertiary/aromatic N) is 2. The number of rotatable bonds is 4. The summed E-state index contributed by atoms with van der Waals surface area (Å²) in [5.74, 6) is 0.478. The number of nitrogen functional groups attached to an aromatic ring is 1. The smallest absolute Gasteiger partial charge is 0.224 e. The van der Waals surface area contributed by atoms with Gasteiger partial charge in [-0.05, 0) is 6.07 Å². The number of aromatic nitrogens is 2. The van der Waals surface area contributed by atoms with Gasteiger partial charge in [0.2, 0.25) is 5.91 Å². The van der Waals surface area contributed by atoms with Crippen molar-refractivity contribution in [3.05, 3.63) is 41.6 Å². The number of hydrogen-bond donors (Lipinski definition) is 3. The normalized spacial score (nSPS) is 10.4. The molecule has 0 saturated carbocycles. The summed E-state index contributed by atoms with van der Waals surface area (Å²) in [6.07, 6.45) is 1.75. The van der Waals surface area contributed by atoms with E-state index in [-0.39, 0.29) is 18.1 Å². The molecule has 1 aromatic carbocycles. The summed E-state index contributed by atoms with van der Waals surface area (Å²) in [4.78, 5) is 11.8. The summed E-state index contributed by atoms with van der Waals surface area (Å²) in [7, 11) is 1.74. The Kier molecular flexibility index (Phi) is 3.70. The highest BCUT2D eigenvalue weighted by atomic mass is 16.3. The molecule has 1 heterocycles. The SMILES string of the molecule is Cn1ncc(CNC(=O)Cc2ccccc2O)c1N. The highest BCUT2D eigenvalue weighted by molar-refractivity contribution is 5.79. The fraction of sp³-hybridized carbons (Fsp3) is 0.231. The highest BCUT2D eigenvalue weighted by Crippen LogP contribution is 2.16. The summed E-state index contributed by atoms with van der Waals surface area (Å²) in [6, 6.07) is 6.77. The van der Waals surface area contributed by atoms with Crippen LogP contribution in [0.25, 0.3) is 0 Å². The van der Waals surface area contributed by atoms with Gasteiger partial charge < -0.3 is 16.2 Å². The Morgan fingerprint density at radius 3 is 2.79 bits per heavy atom. The third kappa shape index (κ3) is 3.04. The molecule has 0 unspecified atom stereocenters. The first kappa shape index (κ1) is 12.9. The summed E-state index contributed by atoms with van der Waals surface area (Å²) >= 11 is 0. The van der Waals surface area contributed by atoms with E-state index in [4.69, 9.17) is 5.73 Å². The van der Waals surface area contributed by atoms with Crippen molar-refractivity contribution >= 4 is 11.7 Å². The summed E-state index contributed by atoms with van der Waals surface area (Å²) in [5.41, 5.74) is 7.14. The molecule has 0 aliphatic heterocycles. The molecule has 1 amide bonds. The second-order valence-corrected chi connectivity index (χ2v) is 4.26. The van der Waals surface area contributed by atoms with Crippen molar-refractivity contribution in [3.63, 3.8) is 0 Å². The quantitative estimate of drug-likeness (QED) is 0.749. The maximum atomic E-state index is 11.8. The first-order valence-electron chi connectivity index (χ1n) is 5.88. The van der Waals surface area contributed by atoms with E-state index in [2.05, 4.69) is 10.4 Å². The maximum absolute atomic E-state index is 11.8. The number of carbonyl (C=O) groups is 1. The average molecular weight is 260 g/mol. The number of nitrogens with one attached hydrogen (secondary N) is 1. The minimum absolute atomic E-state index is 0.124. The van der Waals surface area contributed by atoms with Crippen LogP contribution in [0.5, 0.6) is 5.75 Å². The van der Waals surface area contributed by atoms with Gasteiger partial charge in [0, 0.05) is 24.7 Å². The van der Waals surface area contributed by atoms with Crippen LogP contribution in [0.4, 0.5) is 5.82 Å². The van der Waals surface area contributed by atoms with Crippen molar-refractivity contribution in [2.24, 2.45) is 7.05 Å². The van der Waals surface area contributed by atoms with E-state index in [0.29, 0.717) is 17.9 Å². The summed E-state index contributed by atoms with van der Waals surface area (Å²) < 4.78 is 1.55. The molecule has 1 aromatic heterocycles. The van der Waals surface area contributed by atoms with Crippen LogP contribution in [0.15, 0.2) is 30.5 Å². The molecule has 6 heteroatoms. The Hall–Kier alpha value is -2.50. The number of aromatic hydroxyl groups is 1. The minimum atomic E-state index is -0.176. The number of phenols is 1. The zero-order valence-corrected chi connectivity index (χ0v) is 10.6. The molecular formula is C13H16N4O2. The molecule has 0 aliphatic rings. The predicted molar refractivity (Wildman–Crippen MR) is 71.3 cm³/mol. The van der Waals surface area contributed by atoms with Gasteiger partial charge in [0.25, 0.3) is 0 Å². The van der Waals surface area contributed by atoms with E-state index < -0.39 is 0 Å². The molecule has 0 spiro atoms. The molecule has 0 fully saturated rings. The lowest BCUT2D eigenvalue weighted by molar-refractivity contribution is -0.120. The van der Waals surface area contributed by atoms with Gasteiger partial charge in [-0.25, -0.2) is 0 Å². The van der Waals surface area contributed by atoms with Crippen molar-refractivity contribution in [1.82, 2.24) is 15.1 Å². The van der Waals surface area contributed by atoms with Crippen molar-refractivity contribution in [1.29, 1.82) is 0 Å². The predicted octanol–water partition coefficient (Wildman–Crippen LogP) is 0.567.